The molecule has 0 spiro atoms. The highest BCUT2D eigenvalue weighted by Gasteiger charge is 2.24. The quantitative estimate of drug-likeness (QED) is 0.622. The van der Waals surface area contributed by atoms with Crippen molar-refractivity contribution in [3.8, 4) is 0 Å². The molecule has 2 amide bonds. The summed E-state index contributed by atoms with van der Waals surface area (Å²) in [6.45, 7) is 0. The van der Waals surface area contributed by atoms with E-state index in [1.54, 1.807) is 23.7 Å². The molecule has 29 heavy (non-hydrogen) atoms. The zero-order valence-electron chi connectivity index (χ0n) is 16.2. The number of rotatable bonds is 5. The lowest BCUT2D eigenvalue weighted by atomic mass is 10.1. The van der Waals surface area contributed by atoms with Crippen LogP contribution in [0.25, 0.3) is 0 Å². The number of hydrogen-bond acceptors (Lipinski definition) is 3. The van der Waals surface area contributed by atoms with Gasteiger partial charge in [-0.05, 0) is 48.7 Å². The van der Waals surface area contributed by atoms with Crippen LogP contribution in [0.15, 0.2) is 82.6 Å². The summed E-state index contributed by atoms with van der Waals surface area (Å²) in [5, 5.41) is 2.97. The molecule has 5 heteroatoms. The lowest BCUT2D eigenvalue weighted by Crippen LogP contribution is -2.26. The van der Waals surface area contributed by atoms with Gasteiger partial charge in [0.05, 0.1) is 11.3 Å². The fourth-order valence-corrected chi connectivity index (χ4v) is 4.49. The van der Waals surface area contributed by atoms with E-state index in [1.807, 2.05) is 60.7 Å². The van der Waals surface area contributed by atoms with Crippen LogP contribution in [0.4, 0.5) is 11.4 Å². The Bertz CT molecular complexity index is 1050. The summed E-state index contributed by atoms with van der Waals surface area (Å²) in [6.07, 6.45) is 2.13. The lowest BCUT2D eigenvalue weighted by Gasteiger charge is -2.18. The molecular formula is C24H22N2O2S. The van der Waals surface area contributed by atoms with Gasteiger partial charge < -0.3 is 10.2 Å². The van der Waals surface area contributed by atoms with Crippen LogP contribution in [-0.4, -0.2) is 18.9 Å². The molecule has 4 rings (SSSR count). The van der Waals surface area contributed by atoms with E-state index in [9.17, 15) is 9.59 Å². The first kappa shape index (κ1) is 19.3. The zero-order valence-corrected chi connectivity index (χ0v) is 17.0. The molecule has 3 aromatic rings. The smallest absolute Gasteiger partial charge is 0.259 e. The minimum atomic E-state index is -0.0433. The second kappa shape index (κ2) is 8.53. The Labute approximate surface area is 174 Å². The normalized spacial score (nSPS) is 12.7. The number of nitrogens with zero attached hydrogens (tertiary/aromatic N) is 1. The second-order valence-corrected chi connectivity index (χ2v) is 8.12. The fraction of sp³-hybridized carbons (Fsp3) is 0.167. The molecule has 1 heterocycles. The van der Waals surface area contributed by atoms with Gasteiger partial charge in [0, 0.05) is 28.9 Å². The van der Waals surface area contributed by atoms with Crippen LogP contribution in [0.5, 0.6) is 0 Å². The lowest BCUT2D eigenvalue weighted by molar-refractivity contribution is -0.116. The van der Waals surface area contributed by atoms with Gasteiger partial charge in [-0.1, -0.05) is 54.2 Å². The largest absolute Gasteiger partial charge is 0.326 e. The van der Waals surface area contributed by atoms with Gasteiger partial charge in [-0.15, -0.1) is 0 Å². The van der Waals surface area contributed by atoms with E-state index in [2.05, 4.69) is 17.4 Å². The predicted molar refractivity (Wildman–Crippen MR) is 118 cm³/mol. The molecule has 1 N–H and O–H groups in total. The van der Waals surface area contributed by atoms with Crippen molar-refractivity contribution in [2.75, 3.05) is 17.3 Å². The van der Waals surface area contributed by atoms with Crippen molar-refractivity contribution in [1.82, 2.24) is 0 Å². The van der Waals surface area contributed by atoms with Gasteiger partial charge in [-0.3, -0.25) is 9.59 Å². The maximum atomic E-state index is 12.8. The number of amides is 2. The van der Waals surface area contributed by atoms with Crippen molar-refractivity contribution >= 4 is 35.0 Å². The Kier molecular flexibility index (Phi) is 5.67. The highest BCUT2D eigenvalue weighted by Crippen LogP contribution is 2.41. The number of fused-ring (bicyclic) bond motifs is 2. The number of nitrogens with one attached hydrogen (secondary N) is 1. The van der Waals surface area contributed by atoms with Gasteiger partial charge >= 0.3 is 0 Å². The molecule has 0 radical (unpaired) electrons. The number of carbonyl (C=O) groups is 2. The Balaban J connectivity index is 1.44. The van der Waals surface area contributed by atoms with Gasteiger partial charge in [0.15, 0.2) is 0 Å². The molecule has 0 unspecified atom stereocenters. The molecule has 0 fully saturated rings. The monoisotopic (exact) mass is 402 g/mol. The van der Waals surface area contributed by atoms with Crippen molar-refractivity contribution < 1.29 is 9.59 Å². The van der Waals surface area contributed by atoms with E-state index < -0.39 is 0 Å². The molecular weight excluding hydrogens is 380 g/mol. The van der Waals surface area contributed by atoms with Crippen LogP contribution in [0.1, 0.15) is 28.8 Å². The summed E-state index contributed by atoms with van der Waals surface area (Å²) in [5.41, 5.74) is 3.45. The molecule has 3 aromatic carbocycles. The van der Waals surface area contributed by atoms with Crippen LogP contribution in [0.2, 0.25) is 0 Å². The Morgan fingerprint density at radius 2 is 1.72 bits per heavy atom. The fourth-order valence-electron chi connectivity index (χ4n) is 3.41. The van der Waals surface area contributed by atoms with Gasteiger partial charge in [0.1, 0.15) is 0 Å². The number of carbonyl (C=O) groups excluding carboxylic acids is 2. The average Bonchev–Trinajstić information content (AvgIpc) is 2.84. The zero-order chi connectivity index (χ0) is 20.2. The van der Waals surface area contributed by atoms with E-state index in [0.717, 1.165) is 28.3 Å². The predicted octanol–water partition coefficient (Wildman–Crippen LogP) is 5.39. The number of aryl methyl sites for hydroxylation is 1. The molecule has 0 saturated carbocycles. The summed E-state index contributed by atoms with van der Waals surface area (Å²) >= 11 is 1.57. The first-order valence-corrected chi connectivity index (χ1v) is 10.5. The van der Waals surface area contributed by atoms with Crippen molar-refractivity contribution in [2.24, 2.45) is 0 Å². The van der Waals surface area contributed by atoms with Crippen LogP contribution < -0.4 is 10.2 Å². The molecule has 4 nitrogen and oxygen atoms in total. The van der Waals surface area contributed by atoms with Crippen LogP contribution >= 0.6 is 11.8 Å². The van der Waals surface area contributed by atoms with Gasteiger partial charge in [-0.25, -0.2) is 0 Å². The number of anilines is 2. The first-order valence-electron chi connectivity index (χ1n) is 9.64. The number of benzene rings is 3. The van der Waals surface area contributed by atoms with Crippen LogP contribution in [0.3, 0.4) is 0 Å². The third-order valence-corrected chi connectivity index (χ3v) is 6.10. The molecule has 0 aliphatic carbocycles. The Morgan fingerprint density at radius 3 is 2.55 bits per heavy atom. The SMILES string of the molecule is CN1C(=O)c2ccccc2Sc2ccc(NC(=O)CCCc3ccccc3)cc21. The molecule has 0 atom stereocenters. The maximum Gasteiger partial charge on any atom is 0.259 e. The summed E-state index contributed by atoms with van der Waals surface area (Å²) < 4.78 is 0. The highest BCUT2D eigenvalue weighted by molar-refractivity contribution is 7.99. The Morgan fingerprint density at radius 1 is 0.966 bits per heavy atom. The summed E-state index contributed by atoms with van der Waals surface area (Å²) in [7, 11) is 1.77. The molecule has 0 bridgehead atoms. The van der Waals surface area contributed by atoms with Crippen molar-refractivity contribution in [1.29, 1.82) is 0 Å². The molecule has 1 aliphatic heterocycles. The topological polar surface area (TPSA) is 49.4 Å². The minimum absolute atomic E-state index is 0.0144. The van der Waals surface area contributed by atoms with Crippen LogP contribution in [0, 0.1) is 0 Å². The number of hydrogen-bond donors (Lipinski definition) is 1. The van der Waals surface area contributed by atoms with Crippen molar-refractivity contribution in [3.63, 3.8) is 0 Å². The minimum Gasteiger partial charge on any atom is -0.326 e. The van der Waals surface area contributed by atoms with E-state index in [4.69, 9.17) is 0 Å². The first-order chi connectivity index (χ1) is 14.1. The van der Waals surface area contributed by atoms with E-state index >= 15 is 0 Å². The third-order valence-electron chi connectivity index (χ3n) is 4.96. The molecule has 146 valence electrons. The van der Waals surface area contributed by atoms with Gasteiger partial charge in [-0.2, -0.15) is 0 Å². The maximum absolute atomic E-state index is 12.8. The molecule has 0 saturated heterocycles. The molecule has 1 aliphatic rings. The summed E-state index contributed by atoms with van der Waals surface area (Å²) in [5.74, 6) is -0.0578. The summed E-state index contributed by atoms with van der Waals surface area (Å²) in [6, 6.07) is 23.5. The highest BCUT2D eigenvalue weighted by atomic mass is 32.2. The van der Waals surface area contributed by atoms with Crippen molar-refractivity contribution in [3.05, 3.63) is 83.9 Å². The Hall–Kier alpha value is -3.05. The summed E-state index contributed by atoms with van der Waals surface area (Å²) in [4.78, 5) is 28.8. The van der Waals surface area contributed by atoms with E-state index in [1.165, 1.54) is 5.56 Å². The van der Waals surface area contributed by atoms with E-state index in [0.29, 0.717) is 17.7 Å². The van der Waals surface area contributed by atoms with Gasteiger partial charge in [0.2, 0.25) is 5.91 Å². The molecule has 0 aromatic heterocycles. The van der Waals surface area contributed by atoms with Crippen molar-refractivity contribution in [2.45, 2.75) is 29.1 Å². The average molecular weight is 403 g/mol. The van der Waals surface area contributed by atoms with Crippen LogP contribution in [-0.2, 0) is 11.2 Å². The van der Waals surface area contributed by atoms with E-state index in [-0.39, 0.29) is 11.8 Å². The standard InChI is InChI=1S/C24H22N2O2S/c1-26-20-16-18(25-23(27)13-7-10-17-8-3-2-4-9-17)14-15-22(20)29-21-12-6-5-11-19(21)24(26)28/h2-6,8-9,11-12,14-16H,7,10,13H2,1H3,(H,25,27). The third kappa shape index (κ3) is 4.35. The second-order valence-electron chi connectivity index (χ2n) is 7.03. The van der Waals surface area contributed by atoms with Gasteiger partial charge in [0.25, 0.3) is 5.91 Å².